The number of nitrogens with two attached hydrogens (primary N) is 1. The molecule has 3 N–H and O–H groups in total. The molecular weight excluding hydrogens is 192 g/mol. The summed E-state index contributed by atoms with van der Waals surface area (Å²) >= 11 is 0. The molecular formula is C10H16N4O. The number of hydrogen-bond acceptors (Lipinski definition) is 4. The Morgan fingerprint density at radius 2 is 2.47 bits per heavy atom. The van der Waals surface area contributed by atoms with Crippen molar-refractivity contribution in [2.75, 3.05) is 6.61 Å². The predicted octanol–water partition coefficient (Wildman–Crippen LogP) is 0.537. The second-order valence-corrected chi connectivity index (χ2v) is 3.69. The molecule has 0 bridgehead atoms. The highest BCUT2D eigenvalue weighted by Gasteiger charge is 2.22. The van der Waals surface area contributed by atoms with Crippen LogP contribution in [0.5, 0.6) is 0 Å². The molecule has 0 saturated carbocycles. The van der Waals surface area contributed by atoms with Gasteiger partial charge in [0.15, 0.2) is 0 Å². The minimum atomic E-state index is -0.0822. The fraction of sp³-hybridized carbons (Fsp3) is 0.500. The van der Waals surface area contributed by atoms with Gasteiger partial charge in [-0.3, -0.25) is 10.5 Å². The van der Waals surface area contributed by atoms with Gasteiger partial charge in [-0.2, -0.15) is 5.10 Å². The van der Waals surface area contributed by atoms with E-state index in [-0.39, 0.29) is 6.04 Å². The summed E-state index contributed by atoms with van der Waals surface area (Å²) in [7, 11) is 1.90. The van der Waals surface area contributed by atoms with Crippen molar-refractivity contribution in [3.63, 3.8) is 0 Å². The van der Waals surface area contributed by atoms with Gasteiger partial charge in [-0.15, -0.1) is 0 Å². The minimum Gasteiger partial charge on any atom is -0.496 e. The molecule has 5 heteroatoms. The molecule has 2 heterocycles. The maximum Gasteiger partial charge on any atom is 0.115 e. The van der Waals surface area contributed by atoms with Crippen LogP contribution >= 0.6 is 0 Å². The molecule has 1 aromatic rings. The van der Waals surface area contributed by atoms with Crippen LogP contribution in [0.4, 0.5) is 0 Å². The highest BCUT2D eigenvalue weighted by molar-refractivity contribution is 5.27. The number of nitrogens with one attached hydrogen (secondary N) is 1. The van der Waals surface area contributed by atoms with Crippen molar-refractivity contribution in [1.82, 2.24) is 15.2 Å². The van der Waals surface area contributed by atoms with Crippen LogP contribution < -0.4 is 11.3 Å². The third kappa shape index (κ3) is 1.88. The van der Waals surface area contributed by atoms with Gasteiger partial charge in [-0.1, -0.05) is 0 Å². The molecule has 0 amide bonds. The Labute approximate surface area is 88.9 Å². The van der Waals surface area contributed by atoms with Gasteiger partial charge in [-0.05, 0) is 13.0 Å². The molecule has 1 aromatic heterocycles. The zero-order valence-electron chi connectivity index (χ0n) is 9.03. The number of ether oxygens (including phenoxy) is 1. The zero-order chi connectivity index (χ0) is 10.8. The SMILES string of the molecule is Cc1nn(C)cc1C(NN)C1=CCCO1. The quantitative estimate of drug-likeness (QED) is 0.562. The topological polar surface area (TPSA) is 65.1 Å². The van der Waals surface area contributed by atoms with Crippen molar-refractivity contribution in [3.8, 4) is 0 Å². The van der Waals surface area contributed by atoms with Crippen LogP contribution in [-0.2, 0) is 11.8 Å². The maximum absolute atomic E-state index is 5.55. The zero-order valence-corrected chi connectivity index (χ0v) is 9.03. The summed E-state index contributed by atoms with van der Waals surface area (Å²) in [5.74, 6) is 6.45. The Morgan fingerprint density at radius 3 is 2.93 bits per heavy atom. The molecule has 0 saturated heterocycles. The molecule has 5 nitrogen and oxygen atoms in total. The standard InChI is InChI=1S/C10H16N4O/c1-7-8(6-14(2)13-7)10(12-11)9-4-3-5-15-9/h4,6,10,12H,3,5,11H2,1-2H3. The van der Waals surface area contributed by atoms with Crippen molar-refractivity contribution in [2.24, 2.45) is 12.9 Å². The van der Waals surface area contributed by atoms with Crippen LogP contribution in [-0.4, -0.2) is 16.4 Å². The average molecular weight is 208 g/mol. The minimum absolute atomic E-state index is 0.0822. The maximum atomic E-state index is 5.55. The second kappa shape index (κ2) is 4.04. The Hall–Kier alpha value is -1.33. The van der Waals surface area contributed by atoms with Gasteiger partial charge in [-0.25, -0.2) is 5.43 Å². The van der Waals surface area contributed by atoms with Gasteiger partial charge < -0.3 is 4.74 Å². The average Bonchev–Trinajstić information content (AvgIpc) is 2.79. The van der Waals surface area contributed by atoms with E-state index in [9.17, 15) is 0 Å². The van der Waals surface area contributed by atoms with Crippen molar-refractivity contribution in [3.05, 3.63) is 29.3 Å². The van der Waals surface area contributed by atoms with Gasteiger partial charge in [0, 0.05) is 25.2 Å². The first-order chi connectivity index (χ1) is 7.22. The molecule has 0 spiro atoms. The number of hydrazine groups is 1. The first-order valence-corrected chi connectivity index (χ1v) is 5.01. The van der Waals surface area contributed by atoms with Gasteiger partial charge >= 0.3 is 0 Å². The summed E-state index contributed by atoms with van der Waals surface area (Å²) in [6.45, 7) is 2.71. The lowest BCUT2D eigenvalue weighted by atomic mass is 10.1. The Morgan fingerprint density at radius 1 is 1.67 bits per heavy atom. The van der Waals surface area contributed by atoms with Crippen LogP contribution in [0.3, 0.4) is 0 Å². The molecule has 1 aliphatic heterocycles. The summed E-state index contributed by atoms with van der Waals surface area (Å²) in [6.07, 6.45) is 4.98. The number of aromatic nitrogens is 2. The molecule has 15 heavy (non-hydrogen) atoms. The second-order valence-electron chi connectivity index (χ2n) is 3.69. The number of hydrogen-bond donors (Lipinski definition) is 2. The molecule has 0 aliphatic carbocycles. The van der Waals surface area contributed by atoms with E-state index in [0.29, 0.717) is 0 Å². The first kappa shape index (κ1) is 10.2. The summed E-state index contributed by atoms with van der Waals surface area (Å²) < 4.78 is 7.29. The van der Waals surface area contributed by atoms with Crippen molar-refractivity contribution >= 4 is 0 Å². The van der Waals surface area contributed by atoms with Crippen molar-refractivity contribution in [1.29, 1.82) is 0 Å². The number of nitrogens with zero attached hydrogens (tertiary/aromatic N) is 2. The monoisotopic (exact) mass is 208 g/mol. The van der Waals surface area contributed by atoms with Gasteiger partial charge in [0.1, 0.15) is 11.8 Å². The highest BCUT2D eigenvalue weighted by Crippen LogP contribution is 2.27. The molecule has 1 unspecified atom stereocenters. The largest absolute Gasteiger partial charge is 0.496 e. The van der Waals surface area contributed by atoms with E-state index in [2.05, 4.69) is 16.6 Å². The van der Waals surface area contributed by atoms with Crippen molar-refractivity contribution in [2.45, 2.75) is 19.4 Å². The van der Waals surface area contributed by atoms with E-state index < -0.39 is 0 Å². The molecule has 82 valence electrons. The lowest BCUT2D eigenvalue weighted by Crippen LogP contribution is -2.29. The van der Waals surface area contributed by atoms with Crippen LogP contribution in [0.15, 0.2) is 18.0 Å². The molecule has 0 aromatic carbocycles. The van der Waals surface area contributed by atoms with E-state index >= 15 is 0 Å². The smallest absolute Gasteiger partial charge is 0.115 e. The Balaban J connectivity index is 2.29. The fourth-order valence-corrected chi connectivity index (χ4v) is 1.86. The van der Waals surface area contributed by atoms with E-state index in [1.807, 2.05) is 20.2 Å². The first-order valence-electron chi connectivity index (χ1n) is 5.01. The van der Waals surface area contributed by atoms with E-state index in [1.165, 1.54) is 0 Å². The Kier molecular flexibility index (Phi) is 2.75. The third-order valence-electron chi connectivity index (χ3n) is 2.55. The van der Waals surface area contributed by atoms with Crippen molar-refractivity contribution < 1.29 is 4.74 Å². The molecule has 1 atom stereocenters. The van der Waals surface area contributed by atoms with Gasteiger partial charge in [0.2, 0.25) is 0 Å². The predicted molar refractivity (Wildman–Crippen MR) is 56.7 cm³/mol. The Bertz CT molecular complexity index is 383. The van der Waals surface area contributed by atoms with E-state index in [4.69, 9.17) is 10.6 Å². The van der Waals surface area contributed by atoms with Crippen LogP contribution in [0.2, 0.25) is 0 Å². The third-order valence-corrected chi connectivity index (χ3v) is 2.55. The lowest BCUT2D eigenvalue weighted by molar-refractivity contribution is 0.215. The fourth-order valence-electron chi connectivity index (χ4n) is 1.86. The molecule has 2 rings (SSSR count). The van der Waals surface area contributed by atoms with Crippen LogP contribution in [0.1, 0.15) is 23.7 Å². The molecule has 1 aliphatic rings. The number of rotatable bonds is 3. The summed E-state index contributed by atoms with van der Waals surface area (Å²) in [4.78, 5) is 0. The van der Waals surface area contributed by atoms with E-state index in [1.54, 1.807) is 4.68 Å². The summed E-state index contributed by atoms with van der Waals surface area (Å²) in [5.41, 5.74) is 4.80. The van der Waals surface area contributed by atoms with Gasteiger partial charge in [0.25, 0.3) is 0 Å². The van der Waals surface area contributed by atoms with E-state index in [0.717, 1.165) is 30.0 Å². The normalized spacial score (nSPS) is 17.4. The summed E-state index contributed by atoms with van der Waals surface area (Å²) in [6, 6.07) is -0.0822. The highest BCUT2D eigenvalue weighted by atomic mass is 16.5. The molecule has 0 radical (unpaired) electrons. The number of aryl methyl sites for hydroxylation is 2. The van der Waals surface area contributed by atoms with Crippen LogP contribution in [0.25, 0.3) is 0 Å². The van der Waals surface area contributed by atoms with Gasteiger partial charge in [0.05, 0.1) is 12.3 Å². The van der Waals surface area contributed by atoms with Crippen LogP contribution in [0, 0.1) is 6.92 Å². The lowest BCUT2D eigenvalue weighted by Gasteiger charge is -2.16. The summed E-state index contributed by atoms with van der Waals surface area (Å²) in [5, 5.41) is 4.29. The molecule has 0 fully saturated rings.